The molecule has 0 radical (unpaired) electrons. The van der Waals surface area contributed by atoms with Gasteiger partial charge in [0.2, 0.25) is 0 Å². The monoisotopic (exact) mass is 205 g/mol. The number of hydrogen-bond acceptors (Lipinski definition) is 3. The van der Waals surface area contributed by atoms with Gasteiger partial charge >= 0.3 is 0 Å². The van der Waals surface area contributed by atoms with Crippen molar-refractivity contribution in [1.29, 1.82) is 0 Å². The van der Waals surface area contributed by atoms with Crippen molar-refractivity contribution in [2.24, 2.45) is 5.73 Å². The first kappa shape index (κ1) is 11.8. The maximum Gasteiger partial charge on any atom is 0.0379 e. The number of nitrogens with two attached hydrogens (primary N) is 1. The molecule has 0 spiro atoms. The summed E-state index contributed by atoms with van der Waals surface area (Å²) in [7, 11) is 1.96. The molecule has 0 aromatic heterocycles. The number of nitrogens with one attached hydrogen (secondary N) is 2. The molecule has 0 aliphatic rings. The molecular weight excluding hydrogens is 186 g/mol. The minimum absolute atomic E-state index is 0.388. The van der Waals surface area contributed by atoms with Gasteiger partial charge in [-0.25, -0.2) is 0 Å². The van der Waals surface area contributed by atoms with Gasteiger partial charge < -0.3 is 16.4 Å². The van der Waals surface area contributed by atoms with Crippen LogP contribution in [0.5, 0.6) is 0 Å². The predicted molar refractivity (Wildman–Crippen MR) is 65.7 cm³/mol. The van der Waals surface area contributed by atoms with E-state index in [9.17, 15) is 0 Å². The molecule has 1 atom stereocenters. The van der Waals surface area contributed by atoms with Gasteiger partial charge in [0.15, 0.2) is 0 Å². The van der Waals surface area contributed by atoms with E-state index in [1.165, 1.54) is 5.56 Å². The lowest BCUT2D eigenvalue weighted by Gasteiger charge is -2.10. The summed E-state index contributed by atoms with van der Waals surface area (Å²) in [6.07, 6.45) is 3.74. The maximum atomic E-state index is 5.34. The molecule has 82 valence electrons. The van der Waals surface area contributed by atoms with Crippen molar-refractivity contribution in [1.82, 2.24) is 5.32 Å². The van der Waals surface area contributed by atoms with Crippen LogP contribution in [0.1, 0.15) is 18.5 Å². The van der Waals surface area contributed by atoms with Gasteiger partial charge in [-0.15, -0.1) is 0 Å². The largest absolute Gasteiger partial charge is 0.362 e. The molecule has 1 rings (SSSR count). The number of rotatable bonds is 5. The van der Waals surface area contributed by atoms with Gasteiger partial charge in [-0.2, -0.15) is 0 Å². The van der Waals surface area contributed by atoms with Crippen LogP contribution in [0.4, 0.5) is 5.69 Å². The van der Waals surface area contributed by atoms with Gasteiger partial charge in [0.25, 0.3) is 0 Å². The first-order valence-electron chi connectivity index (χ1n) is 5.16. The number of hydrogen-bond donors (Lipinski definition) is 3. The molecule has 1 aromatic carbocycles. The van der Waals surface area contributed by atoms with E-state index in [1.54, 1.807) is 0 Å². The van der Waals surface area contributed by atoms with Crippen LogP contribution in [0.2, 0.25) is 0 Å². The lowest BCUT2D eigenvalue weighted by atomic mass is 10.1. The molecule has 0 amide bonds. The normalized spacial score (nSPS) is 13.0. The minimum Gasteiger partial charge on any atom is -0.362 e. The predicted octanol–water partition coefficient (Wildman–Crippen LogP) is 1.85. The summed E-state index contributed by atoms with van der Waals surface area (Å²) in [6, 6.07) is 8.73. The van der Waals surface area contributed by atoms with E-state index in [-0.39, 0.29) is 0 Å². The first-order chi connectivity index (χ1) is 7.27. The van der Waals surface area contributed by atoms with E-state index in [0.717, 1.165) is 5.69 Å². The van der Waals surface area contributed by atoms with Crippen molar-refractivity contribution >= 4 is 5.69 Å². The highest BCUT2D eigenvalue weighted by atomic mass is 14.9. The van der Waals surface area contributed by atoms with Gasteiger partial charge in [-0.1, -0.05) is 18.2 Å². The Kier molecular flexibility index (Phi) is 4.87. The third-order valence-electron chi connectivity index (χ3n) is 2.35. The van der Waals surface area contributed by atoms with Crippen LogP contribution in [0.25, 0.3) is 0 Å². The molecule has 0 aliphatic carbocycles. The molecule has 4 N–H and O–H groups in total. The van der Waals surface area contributed by atoms with Crippen LogP contribution in [0.3, 0.4) is 0 Å². The molecule has 0 bridgehead atoms. The summed E-state index contributed by atoms with van der Waals surface area (Å²) < 4.78 is 0. The van der Waals surface area contributed by atoms with E-state index in [0.29, 0.717) is 12.6 Å². The molecule has 0 fully saturated rings. The summed E-state index contributed by atoms with van der Waals surface area (Å²) in [5, 5.41) is 6.35. The average Bonchev–Trinajstić information content (AvgIpc) is 2.29. The molecule has 0 saturated carbocycles. The summed E-state index contributed by atoms with van der Waals surface area (Å²) in [5.41, 5.74) is 7.70. The van der Waals surface area contributed by atoms with Crippen molar-refractivity contribution in [3.63, 3.8) is 0 Å². The fraction of sp³-hybridized carbons (Fsp3) is 0.333. The Morgan fingerprint density at radius 3 is 2.53 bits per heavy atom. The Labute approximate surface area is 91.4 Å². The van der Waals surface area contributed by atoms with E-state index in [2.05, 4.69) is 41.8 Å². The minimum atomic E-state index is 0.388. The molecule has 0 heterocycles. The zero-order chi connectivity index (χ0) is 11.1. The Morgan fingerprint density at radius 2 is 2.00 bits per heavy atom. The highest BCUT2D eigenvalue weighted by molar-refractivity contribution is 5.47. The average molecular weight is 205 g/mol. The Bertz CT molecular complexity index is 303. The van der Waals surface area contributed by atoms with Crippen molar-refractivity contribution in [3.8, 4) is 0 Å². The van der Waals surface area contributed by atoms with E-state index >= 15 is 0 Å². The van der Waals surface area contributed by atoms with E-state index in [4.69, 9.17) is 5.73 Å². The number of benzene rings is 1. The van der Waals surface area contributed by atoms with Crippen molar-refractivity contribution in [2.45, 2.75) is 13.0 Å². The van der Waals surface area contributed by atoms with Gasteiger partial charge in [-0.05, 0) is 37.9 Å². The van der Waals surface area contributed by atoms with Crippen LogP contribution in [0.15, 0.2) is 36.5 Å². The molecule has 1 aromatic rings. The molecule has 15 heavy (non-hydrogen) atoms. The third-order valence-corrected chi connectivity index (χ3v) is 2.35. The van der Waals surface area contributed by atoms with Gasteiger partial charge in [0.1, 0.15) is 0 Å². The highest BCUT2D eigenvalue weighted by Crippen LogP contribution is 2.15. The van der Waals surface area contributed by atoms with E-state index in [1.807, 2.05) is 19.3 Å². The fourth-order valence-corrected chi connectivity index (χ4v) is 1.26. The van der Waals surface area contributed by atoms with Gasteiger partial charge in [-0.3, -0.25) is 0 Å². The zero-order valence-corrected chi connectivity index (χ0v) is 9.33. The second-order valence-corrected chi connectivity index (χ2v) is 3.41. The standard InChI is InChI=1S/C12H19N3/c1-10(14-2)11-4-6-12(7-5-11)15-9-3-8-13/h3-7,9-10,14-15H,8,13H2,1-2H3/b9-3-/t10-/m1/s1. The van der Waals surface area contributed by atoms with Crippen LogP contribution in [-0.2, 0) is 0 Å². The van der Waals surface area contributed by atoms with Crippen molar-refractivity contribution in [3.05, 3.63) is 42.1 Å². The molecule has 3 nitrogen and oxygen atoms in total. The number of anilines is 1. The summed E-state index contributed by atoms with van der Waals surface area (Å²) in [4.78, 5) is 0. The van der Waals surface area contributed by atoms with E-state index < -0.39 is 0 Å². The van der Waals surface area contributed by atoms with Crippen LogP contribution >= 0.6 is 0 Å². The maximum absolute atomic E-state index is 5.34. The van der Waals surface area contributed by atoms with Gasteiger partial charge in [0, 0.05) is 18.3 Å². The zero-order valence-electron chi connectivity index (χ0n) is 9.33. The molecule has 0 saturated heterocycles. The lowest BCUT2D eigenvalue weighted by molar-refractivity contribution is 0.652. The topological polar surface area (TPSA) is 50.1 Å². The molecular formula is C12H19N3. The first-order valence-corrected chi connectivity index (χ1v) is 5.16. The summed E-state index contributed by atoms with van der Waals surface area (Å²) in [6.45, 7) is 2.69. The second kappa shape index (κ2) is 6.22. The summed E-state index contributed by atoms with van der Waals surface area (Å²) in [5.74, 6) is 0. The smallest absolute Gasteiger partial charge is 0.0379 e. The van der Waals surface area contributed by atoms with Crippen LogP contribution in [-0.4, -0.2) is 13.6 Å². The van der Waals surface area contributed by atoms with Crippen molar-refractivity contribution in [2.75, 3.05) is 18.9 Å². The molecule has 0 aliphatic heterocycles. The summed E-state index contributed by atoms with van der Waals surface area (Å²) >= 11 is 0. The second-order valence-electron chi connectivity index (χ2n) is 3.41. The quantitative estimate of drug-likeness (QED) is 0.687. The Hall–Kier alpha value is -1.32. The Balaban J connectivity index is 2.60. The lowest BCUT2D eigenvalue weighted by Crippen LogP contribution is -2.11. The van der Waals surface area contributed by atoms with Crippen molar-refractivity contribution < 1.29 is 0 Å². The third kappa shape index (κ3) is 3.73. The molecule has 3 heteroatoms. The van der Waals surface area contributed by atoms with Crippen LogP contribution < -0.4 is 16.4 Å². The molecule has 0 unspecified atom stereocenters. The highest BCUT2D eigenvalue weighted by Gasteiger charge is 2.00. The fourth-order valence-electron chi connectivity index (χ4n) is 1.26. The Morgan fingerprint density at radius 1 is 1.33 bits per heavy atom. The van der Waals surface area contributed by atoms with Gasteiger partial charge in [0.05, 0.1) is 0 Å². The van der Waals surface area contributed by atoms with Crippen LogP contribution in [0, 0.1) is 0 Å². The SMILES string of the molecule is CN[C@H](C)c1ccc(N/C=C\CN)cc1.